The lowest BCUT2D eigenvalue weighted by Crippen LogP contribution is -2.41. The van der Waals surface area contributed by atoms with Gasteiger partial charge in [0.2, 0.25) is 0 Å². The second-order valence-electron chi connectivity index (χ2n) is 5.70. The zero-order valence-corrected chi connectivity index (χ0v) is 11.8. The van der Waals surface area contributed by atoms with Gasteiger partial charge in [0, 0.05) is 11.8 Å². The number of rotatable bonds is 5. The summed E-state index contributed by atoms with van der Waals surface area (Å²) in [6.07, 6.45) is 14.2. The molecular weight excluding hydrogens is 248 g/mol. The Bertz CT molecular complexity index is 426. The van der Waals surface area contributed by atoms with Crippen LogP contribution in [0.2, 0.25) is 0 Å². The van der Waals surface area contributed by atoms with Crippen molar-refractivity contribution in [2.24, 2.45) is 23.7 Å². The van der Waals surface area contributed by atoms with Crippen molar-refractivity contribution in [2.75, 3.05) is 0 Å². The van der Waals surface area contributed by atoms with Crippen molar-refractivity contribution in [3.05, 3.63) is 49.6 Å². The molecule has 0 fully saturated rings. The Balaban J connectivity index is 2.32. The van der Waals surface area contributed by atoms with E-state index in [-0.39, 0.29) is 35.2 Å². The largest absolute Gasteiger partial charge is 0.295 e. The van der Waals surface area contributed by atoms with E-state index in [0.717, 1.165) is 25.7 Å². The van der Waals surface area contributed by atoms with Gasteiger partial charge in [-0.3, -0.25) is 9.59 Å². The van der Waals surface area contributed by atoms with Gasteiger partial charge in [0.1, 0.15) is 0 Å². The molecule has 0 saturated carbocycles. The maximum absolute atomic E-state index is 12.4. The molecule has 20 heavy (non-hydrogen) atoms. The van der Waals surface area contributed by atoms with Crippen molar-refractivity contribution in [1.29, 1.82) is 0 Å². The lowest BCUT2D eigenvalue weighted by atomic mass is 9.64. The highest BCUT2D eigenvalue weighted by atomic mass is 16.1. The maximum atomic E-state index is 12.4. The second-order valence-corrected chi connectivity index (χ2v) is 5.70. The molecule has 0 bridgehead atoms. The lowest BCUT2D eigenvalue weighted by molar-refractivity contribution is -0.132. The first-order valence-electron chi connectivity index (χ1n) is 7.31. The molecule has 4 atom stereocenters. The van der Waals surface area contributed by atoms with Crippen LogP contribution >= 0.6 is 0 Å². The molecule has 2 aliphatic carbocycles. The van der Waals surface area contributed by atoms with E-state index in [1.54, 1.807) is 12.2 Å². The fourth-order valence-corrected chi connectivity index (χ4v) is 3.55. The average Bonchev–Trinajstić information content (AvgIpc) is 2.42. The van der Waals surface area contributed by atoms with Gasteiger partial charge in [-0.2, -0.15) is 0 Å². The van der Waals surface area contributed by atoms with Crippen LogP contribution in [0.3, 0.4) is 0 Å². The molecule has 0 radical (unpaired) electrons. The van der Waals surface area contributed by atoms with Crippen LogP contribution in [0.5, 0.6) is 0 Å². The van der Waals surface area contributed by atoms with Crippen LogP contribution in [0.25, 0.3) is 0 Å². The van der Waals surface area contributed by atoms with Gasteiger partial charge in [0.25, 0.3) is 0 Å². The molecule has 2 aliphatic rings. The Kier molecular flexibility index (Phi) is 4.89. The standard InChI is InChI=1S/C18H22O2/c1-3-7-13-9-5-11-15(19)17(13)18-14(8-4-2)10-6-12-16(18)20/h3-6,11-14,17-18H,1-2,7-10H2/t13-,14?,17+,18+/m1/s1. The number of hydrogen-bond acceptors (Lipinski definition) is 2. The van der Waals surface area contributed by atoms with Crippen molar-refractivity contribution in [3.63, 3.8) is 0 Å². The van der Waals surface area contributed by atoms with Crippen LogP contribution in [0.15, 0.2) is 49.6 Å². The van der Waals surface area contributed by atoms with Gasteiger partial charge >= 0.3 is 0 Å². The van der Waals surface area contributed by atoms with Crippen molar-refractivity contribution < 1.29 is 9.59 Å². The highest BCUT2D eigenvalue weighted by molar-refractivity contribution is 6.00. The quantitative estimate of drug-likeness (QED) is 0.714. The summed E-state index contributed by atoms with van der Waals surface area (Å²) in [6, 6.07) is 0. The van der Waals surface area contributed by atoms with E-state index in [2.05, 4.69) is 13.2 Å². The van der Waals surface area contributed by atoms with Crippen LogP contribution in [-0.4, -0.2) is 11.6 Å². The molecule has 0 spiro atoms. The van der Waals surface area contributed by atoms with Crippen LogP contribution < -0.4 is 0 Å². The van der Waals surface area contributed by atoms with Gasteiger partial charge in [-0.1, -0.05) is 24.3 Å². The van der Waals surface area contributed by atoms with E-state index in [4.69, 9.17) is 0 Å². The number of ketones is 2. The van der Waals surface area contributed by atoms with E-state index in [1.165, 1.54) is 0 Å². The van der Waals surface area contributed by atoms with Gasteiger partial charge in [-0.05, 0) is 49.7 Å². The topological polar surface area (TPSA) is 34.1 Å². The second kappa shape index (κ2) is 6.65. The summed E-state index contributed by atoms with van der Waals surface area (Å²) in [5.41, 5.74) is 0. The molecular formula is C18H22O2. The first-order chi connectivity index (χ1) is 9.69. The molecule has 0 N–H and O–H groups in total. The lowest BCUT2D eigenvalue weighted by Gasteiger charge is -2.37. The minimum atomic E-state index is -0.194. The highest BCUT2D eigenvalue weighted by Crippen LogP contribution is 2.40. The zero-order chi connectivity index (χ0) is 14.5. The smallest absolute Gasteiger partial charge is 0.159 e. The predicted octanol–water partition coefficient (Wildman–Crippen LogP) is 3.66. The summed E-state index contributed by atoms with van der Waals surface area (Å²) in [5.74, 6) is 0.230. The first kappa shape index (κ1) is 14.7. The fraction of sp³-hybridized carbons (Fsp3) is 0.444. The number of carbonyl (C=O) groups is 2. The molecule has 0 saturated heterocycles. The van der Waals surface area contributed by atoms with Crippen molar-refractivity contribution in [1.82, 2.24) is 0 Å². The summed E-state index contributed by atoms with van der Waals surface area (Å²) in [4.78, 5) is 24.7. The third kappa shape index (κ3) is 2.90. The SMILES string of the molecule is C=CCC1CC=CC(=O)[C@H]1[C@@H]1C(=O)C=CC[C@H]1CC=C. The molecule has 0 aromatic heterocycles. The average molecular weight is 270 g/mol. The summed E-state index contributed by atoms with van der Waals surface area (Å²) in [6.45, 7) is 7.57. The van der Waals surface area contributed by atoms with Crippen molar-refractivity contribution in [3.8, 4) is 0 Å². The van der Waals surface area contributed by atoms with Gasteiger partial charge in [-0.25, -0.2) is 0 Å². The van der Waals surface area contributed by atoms with E-state index in [0.29, 0.717) is 0 Å². The number of carbonyl (C=O) groups excluding carboxylic acids is 2. The Morgan fingerprint density at radius 3 is 1.65 bits per heavy atom. The minimum absolute atomic E-state index is 0.103. The Morgan fingerprint density at radius 2 is 1.30 bits per heavy atom. The van der Waals surface area contributed by atoms with Crippen molar-refractivity contribution >= 4 is 11.6 Å². The van der Waals surface area contributed by atoms with Crippen LogP contribution in [0.4, 0.5) is 0 Å². The maximum Gasteiger partial charge on any atom is 0.159 e. The molecule has 0 amide bonds. The Labute approximate surface area is 120 Å². The summed E-state index contributed by atoms with van der Waals surface area (Å²) >= 11 is 0. The summed E-state index contributed by atoms with van der Waals surface area (Å²) in [7, 11) is 0. The molecule has 1 unspecified atom stereocenters. The summed E-state index contributed by atoms with van der Waals surface area (Å²) in [5, 5.41) is 0. The molecule has 0 heterocycles. The third-order valence-electron chi connectivity index (χ3n) is 4.44. The van der Waals surface area contributed by atoms with Gasteiger partial charge < -0.3 is 0 Å². The van der Waals surface area contributed by atoms with Gasteiger partial charge in [0.15, 0.2) is 11.6 Å². The normalized spacial score (nSPS) is 33.2. The highest BCUT2D eigenvalue weighted by Gasteiger charge is 2.42. The van der Waals surface area contributed by atoms with E-state index in [9.17, 15) is 9.59 Å². The minimum Gasteiger partial charge on any atom is -0.295 e. The fourth-order valence-electron chi connectivity index (χ4n) is 3.55. The predicted molar refractivity (Wildman–Crippen MR) is 81.1 cm³/mol. The molecule has 106 valence electrons. The Morgan fingerprint density at radius 1 is 0.900 bits per heavy atom. The molecule has 2 heteroatoms. The van der Waals surface area contributed by atoms with Crippen LogP contribution in [0.1, 0.15) is 25.7 Å². The molecule has 0 aromatic rings. The number of hydrogen-bond donors (Lipinski definition) is 0. The first-order valence-corrected chi connectivity index (χ1v) is 7.31. The monoisotopic (exact) mass is 270 g/mol. The van der Waals surface area contributed by atoms with Crippen LogP contribution in [-0.2, 0) is 9.59 Å². The molecule has 0 aliphatic heterocycles. The van der Waals surface area contributed by atoms with E-state index >= 15 is 0 Å². The molecule has 2 rings (SSSR count). The molecule has 2 nitrogen and oxygen atoms in total. The van der Waals surface area contributed by atoms with Crippen molar-refractivity contribution in [2.45, 2.75) is 25.7 Å². The number of allylic oxidation sites excluding steroid dienone is 6. The van der Waals surface area contributed by atoms with Crippen LogP contribution in [0, 0.1) is 23.7 Å². The molecule has 0 aromatic carbocycles. The third-order valence-corrected chi connectivity index (χ3v) is 4.44. The van der Waals surface area contributed by atoms with E-state index < -0.39 is 0 Å². The summed E-state index contributed by atoms with van der Waals surface area (Å²) < 4.78 is 0. The van der Waals surface area contributed by atoms with Gasteiger partial charge in [0.05, 0.1) is 0 Å². The zero-order valence-electron chi connectivity index (χ0n) is 11.8. The van der Waals surface area contributed by atoms with E-state index in [1.807, 2.05) is 24.3 Å². The van der Waals surface area contributed by atoms with Gasteiger partial charge in [-0.15, -0.1) is 13.2 Å². The Hall–Kier alpha value is -1.70.